The third-order valence-electron chi connectivity index (χ3n) is 4.04. The Morgan fingerprint density at radius 1 is 1.39 bits per heavy atom. The monoisotopic (exact) mass is 251 g/mol. The highest BCUT2D eigenvalue weighted by Gasteiger charge is 2.48. The lowest BCUT2D eigenvalue weighted by Gasteiger charge is -2.31. The van der Waals surface area contributed by atoms with Crippen LogP contribution in [0.15, 0.2) is 16.7 Å². The molecule has 1 aromatic heterocycles. The van der Waals surface area contributed by atoms with E-state index in [2.05, 4.69) is 34.6 Å². The molecular weight excluding hydrogens is 226 g/mol. The average Bonchev–Trinajstić information content (AvgIpc) is 2.78. The van der Waals surface area contributed by atoms with Crippen molar-refractivity contribution >= 4 is 0 Å². The Hall–Kier alpha value is -0.800. The normalized spacial score (nSPS) is 27.3. The summed E-state index contributed by atoms with van der Waals surface area (Å²) in [5.74, 6) is 1.32. The zero-order chi connectivity index (χ0) is 13.6. The minimum absolute atomic E-state index is 0.0181. The zero-order valence-electron chi connectivity index (χ0n) is 12.1. The first-order valence-corrected chi connectivity index (χ1v) is 6.79. The van der Waals surface area contributed by atoms with Gasteiger partial charge >= 0.3 is 0 Å². The van der Waals surface area contributed by atoms with Crippen molar-refractivity contribution in [1.29, 1.82) is 0 Å². The molecule has 0 saturated carbocycles. The van der Waals surface area contributed by atoms with E-state index in [9.17, 15) is 0 Å². The van der Waals surface area contributed by atoms with Crippen LogP contribution in [-0.4, -0.2) is 11.2 Å². The molecule has 1 aromatic rings. The van der Waals surface area contributed by atoms with Crippen LogP contribution < -0.4 is 5.73 Å². The second-order valence-corrected chi connectivity index (χ2v) is 6.45. The fourth-order valence-electron chi connectivity index (χ4n) is 3.32. The molecule has 0 radical (unpaired) electrons. The number of rotatable bonds is 3. The molecule has 1 aliphatic heterocycles. The Morgan fingerprint density at radius 2 is 2.06 bits per heavy atom. The van der Waals surface area contributed by atoms with Crippen LogP contribution in [0.2, 0.25) is 0 Å². The molecule has 1 fully saturated rings. The van der Waals surface area contributed by atoms with Crippen LogP contribution in [0.1, 0.15) is 58.4 Å². The van der Waals surface area contributed by atoms with Crippen LogP contribution in [-0.2, 0) is 11.2 Å². The summed E-state index contributed by atoms with van der Waals surface area (Å²) < 4.78 is 11.6. The van der Waals surface area contributed by atoms with Crippen molar-refractivity contribution in [2.45, 2.75) is 64.7 Å². The van der Waals surface area contributed by atoms with E-state index in [0.29, 0.717) is 5.92 Å². The fraction of sp³-hybridized carbons (Fsp3) is 0.733. The van der Waals surface area contributed by atoms with Gasteiger partial charge < -0.3 is 14.9 Å². The lowest BCUT2D eigenvalue weighted by atomic mass is 9.79. The highest BCUT2D eigenvalue weighted by molar-refractivity contribution is 5.23. The number of ether oxygens (including phenoxy) is 1. The molecule has 0 bridgehead atoms. The van der Waals surface area contributed by atoms with Crippen LogP contribution in [0.5, 0.6) is 0 Å². The van der Waals surface area contributed by atoms with Gasteiger partial charge in [-0.1, -0.05) is 6.92 Å². The summed E-state index contributed by atoms with van der Waals surface area (Å²) in [4.78, 5) is 0. The molecule has 0 amide bonds. The Balaban J connectivity index is 2.27. The van der Waals surface area contributed by atoms with Gasteiger partial charge in [0.05, 0.1) is 17.5 Å². The van der Waals surface area contributed by atoms with Gasteiger partial charge in [-0.2, -0.15) is 0 Å². The van der Waals surface area contributed by atoms with Gasteiger partial charge in [0.2, 0.25) is 0 Å². The largest absolute Gasteiger partial charge is 0.469 e. The van der Waals surface area contributed by atoms with Crippen molar-refractivity contribution in [2.75, 3.05) is 0 Å². The van der Waals surface area contributed by atoms with Gasteiger partial charge in [0, 0.05) is 23.9 Å². The maximum absolute atomic E-state index is 6.48. The SMILES string of the molecule is CCc1occc1C(N)C1CC(C)(C)OC1(C)C. The van der Waals surface area contributed by atoms with E-state index >= 15 is 0 Å². The smallest absolute Gasteiger partial charge is 0.108 e. The van der Waals surface area contributed by atoms with E-state index in [0.717, 1.165) is 24.2 Å². The summed E-state index contributed by atoms with van der Waals surface area (Å²) in [5, 5.41) is 0. The maximum Gasteiger partial charge on any atom is 0.108 e. The quantitative estimate of drug-likeness (QED) is 0.895. The van der Waals surface area contributed by atoms with Crippen LogP contribution >= 0.6 is 0 Å². The van der Waals surface area contributed by atoms with Gasteiger partial charge in [0.1, 0.15) is 5.76 Å². The molecule has 2 N–H and O–H groups in total. The Kier molecular flexibility index (Phi) is 3.32. The summed E-state index contributed by atoms with van der Waals surface area (Å²) in [7, 11) is 0. The third kappa shape index (κ3) is 2.34. The molecule has 0 aliphatic carbocycles. The lowest BCUT2D eigenvalue weighted by molar-refractivity contribution is -0.0767. The summed E-state index contributed by atoms with van der Waals surface area (Å²) in [5.41, 5.74) is 7.33. The number of hydrogen-bond acceptors (Lipinski definition) is 3. The number of aryl methyl sites for hydroxylation is 1. The molecule has 1 aliphatic rings. The van der Waals surface area contributed by atoms with E-state index in [4.69, 9.17) is 14.9 Å². The van der Waals surface area contributed by atoms with E-state index in [-0.39, 0.29) is 17.2 Å². The maximum atomic E-state index is 6.48. The molecule has 2 unspecified atom stereocenters. The summed E-state index contributed by atoms with van der Waals surface area (Å²) in [6, 6.07) is 1.99. The molecule has 2 atom stereocenters. The molecular formula is C15H25NO2. The van der Waals surface area contributed by atoms with Crippen LogP contribution in [0, 0.1) is 5.92 Å². The standard InChI is InChI=1S/C15H25NO2/c1-6-12-10(7-8-17-12)13(16)11-9-14(2,3)18-15(11,4)5/h7-8,11,13H,6,9,16H2,1-5H3. The van der Waals surface area contributed by atoms with Gasteiger partial charge in [-0.3, -0.25) is 0 Å². The first-order chi connectivity index (χ1) is 8.27. The Morgan fingerprint density at radius 3 is 2.56 bits per heavy atom. The average molecular weight is 251 g/mol. The van der Waals surface area contributed by atoms with E-state index < -0.39 is 0 Å². The van der Waals surface area contributed by atoms with Crippen molar-refractivity contribution in [3.05, 3.63) is 23.7 Å². The second-order valence-electron chi connectivity index (χ2n) is 6.45. The van der Waals surface area contributed by atoms with Crippen molar-refractivity contribution in [1.82, 2.24) is 0 Å². The van der Waals surface area contributed by atoms with E-state index in [1.807, 2.05) is 6.07 Å². The van der Waals surface area contributed by atoms with Gasteiger partial charge in [-0.15, -0.1) is 0 Å². The highest BCUT2D eigenvalue weighted by Crippen LogP contribution is 2.47. The highest BCUT2D eigenvalue weighted by atomic mass is 16.5. The minimum atomic E-state index is -0.189. The lowest BCUT2D eigenvalue weighted by Crippen LogP contribution is -2.36. The number of hydrogen-bond donors (Lipinski definition) is 1. The van der Waals surface area contributed by atoms with Gasteiger partial charge in [0.15, 0.2) is 0 Å². The van der Waals surface area contributed by atoms with Gasteiger partial charge in [-0.05, 0) is 40.2 Å². The second kappa shape index (κ2) is 4.39. The molecule has 3 heteroatoms. The van der Waals surface area contributed by atoms with Crippen molar-refractivity contribution < 1.29 is 9.15 Å². The first-order valence-electron chi connectivity index (χ1n) is 6.79. The third-order valence-corrected chi connectivity index (χ3v) is 4.04. The van der Waals surface area contributed by atoms with Gasteiger partial charge in [-0.25, -0.2) is 0 Å². The van der Waals surface area contributed by atoms with Crippen molar-refractivity contribution in [3.8, 4) is 0 Å². The topological polar surface area (TPSA) is 48.4 Å². The van der Waals surface area contributed by atoms with Gasteiger partial charge in [0.25, 0.3) is 0 Å². The van der Waals surface area contributed by atoms with Crippen molar-refractivity contribution in [2.24, 2.45) is 11.7 Å². The number of furan rings is 1. The van der Waals surface area contributed by atoms with Crippen LogP contribution in [0.4, 0.5) is 0 Å². The predicted octanol–water partition coefficient (Wildman–Crippen LogP) is 3.44. The molecule has 2 rings (SSSR count). The van der Waals surface area contributed by atoms with Crippen molar-refractivity contribution in [3.63, 3.8) is 0 Å². The minimum Gasteiger partial charge on any atom is -0.469 e. The molecule has 1 saturated heterocycles. The zero-order valence-corrected chi connectivity index (χ0v) is 12.1. The summed E-state index contributed by atoms with van der Waals surface area (Å²) in [6.07, 6.45) is 3.60. The summed E-state index contributed by atoms with van der Waals surface area (Å²) >= 11 is 0. The molecule has 102 valence electrons. The molecule has 18 heavy (non-hydrogen) atoms. The number of nitrogens with two attached hydrogens (primary N) is 1. The van der Waals surface area contributed by atoms with E-state index in [1.54, 1.807) is 6.26 Å². The predicted molar refractivity (Wildman–Crippen MR) is 72.4 cm³/mol. The Bertz CT molecular complexity index is 420. The first kappa shape index (κ1) is 13.6. The van der Waals surface area contributed by atoms with Crippen LogP contribution in [0.25, 0.3) is 0 Å². The molecule has 0 aromatic carbocycles. The fourth-order valence-corrected chi connectivity index (χ4v) is 3.32. The molecule has 3 nitrogen and oxygen atoms in total. The Labute approximate surface area is 110 Å². The van der Waals surface area contributed by atoms with E-state index in [1.165, 1.54) is 0 Å². The summed E-state index contributed by atoms with van der Waals surface area (Å²) in [6.45, 7) is 10.6. The molecule has 2 heterocycles. The van der Waals surface area contributed by atoms with Crippen LogP contribution in [0.3, 0.4) is 0 Å². The molecule has 0 spiro atoms.